The summed E-state index contributed by atoms with van der Waals surface area (Å²) in [6.45, 7) is 9.04. The highest BCUT2D eigenvalue weighted by Crippen LogP contribution is 2.46. The number of hydrogen-bond acceptors (Lipinski definition) is 2. The summed E-state index contributed by atoms with van der Waals surface area (Å²) in [6.07, 6.45) is 8.04. The van der Waals surface area contributed by atoms with Crippen molar-refractivity contribution in [3.8, 4) is 17.0 Å². The standard InChI is InChI=1S/C24H30FNO/c1-16(2)12-17-9-10-18(20-14-23(27-5)26-15-22(20)25)19(13-17)21-8-6-7-11-24(21,3)4/h8-10,13-16H,6-7,11-12H2,1-5H3. The van der Waals surface area contributed by atoms with Gasteiger partial charge in [-0.25, -0.2) is 9.37 Å². The molecule has 0 saturated carbocycles. The van der Waals surface area contributed by atoms with Gasteiger partial charge in [-0.15, -0.1) is 0 Å². The number of halogens is 1. The third-order valence-electron chi connectivity index (χ3n) is 5.43. The van der Waals surface area contributed by atoms with E-state index in [-0.39, 0.29) is 11.2 Å². The highest BCUT2D eigenvalue weighted by molar-refractivity contribution is 5.84. The Hall–Kier alpha value is -2.16. The molecule has 0 bridgehead atoms. The molecular weight excluding hydrogens is 337 g/mol. The summed E-state index contributed by atoms with van der Waals surface area (Å²) in [6, 6.07) is 8.16. The number of hydrogen-bond donors (Lipinski definition) is 0. The highest BCUT2D eigenvalue weighted by Gasteiger charge is 2.29. The fourth-order valence-electron chi connectivity index (χ4n) is 4.06. The van der Waals surface area contributed by atoms with Crippen molar-refractivity contribution < 1.29 is 9.13 Å². The zero-order valence-electron chi connectivity index (χ0n) is 17.1. The Balaban J connectivity index is 2.21. The van der Waals surface area contributed by atoms with Crippen LogP contribution in [0.15, 0.2) is 36.5 Å². The van der Waals surface area contributed by atoms with Crippen molar-refractivity contribution in [1.82, 2.24) is 4.98 Å². The van der Waals surface area contributed by atoms with Gasteiger partial charge >= 0.3 is 0 Å². The molecule has 0 aliphatic heterocycles. The van der Waals surface area contributed by atoms with Crippen LogP contribution in [0.1, 0.15) is 58.1 Å². The van der Waals surface area contributed by atoms with E-state index in [4.69, 9.17) is 4.74 Å². The lowest BCUT2D eigenvalue weighted by Gasteiger charge is -2.33. The molecule has 2 aromatic rings. The molecule has 1 aliphatic rings. The van der Waals surface area contributed by atoms with Crippen LogP contribution in [-0.4, -0.2) is 12.1 Å². The van der Waals surface area contributed by atoms with Crippen LogP contribution in [0, 0.1) is 17.2 Å². The van der Waals surface area contributed by atoms with Crippen molar-refractivity contribution >= 4 is 5.57 Å². The smallest absolute Gasteiger partial charge is 0.213 e. The van der Waals surface area contributed by atoms with E-state index in [0.29, 0.717) is 17.4 Å². The Morgan fingerprint density at radius 2 is 1.93 bits per heavy atom. The normalized spacial score (nSPS) is 16.3. The van der Waals surface area contributed by atoms with Crippen LogP contribution < -0.4 is 4.74 Å². The minimum absolute atomic E-state index is 0.0804. The molecule has 0 unspecified atom stereocenters. The van der Waals surface area contributed by atoms with E-state index in [1.54, 1.807) is 13.2 Å². The first kappa shape index (κ1) is 19.6. The molecule has 1 aromatic heterocycles. The number of nitrogens with zero attached hydrogens (tertiary/aromatic N) is 1. The van der Waals surface area contributed by atoms with Crippen LogP contribution >= 0.6 is 0 Å². The average molecular weight is 368 g/mol. The second kappa shape index (κ2) is 7.84. The molecule has 0 spiro atoms. The summed E-state index contributed by atoms with van der Waals surface area (Å²) in [5, 5.41) is 0. The Kier molecular flexibility index (Phi) is 5.69. The summed E-state index contributed by atoms with van der Waals surface area (Å²) >= 11 is 0. The van der Waals surface area contributed by atoms with Crippen LogP contribution in [0.2, 0.25) is 0 Å². The summed E-state index contributed by atoms with van der Waals surface area (Å²) in [5.74, 6) is 0.693. The SMILES string of the molecule is COc1cc(-c2ccc(CC(C)C)cc2C2=CCCCC2(C)C)c(F)cn1. The van der Waals surface area contributed by atoms with Crippen molar-refractivity contribution in [2.75, 3.05) is 7.11 Å². The molecule has 27 heavy (non-hydrogen) atoms. The lowest BCUT2D eigenvalue weighted by Crippen LogP contribution is -2.18. The molecule has 144 valence electrons. The molecule has 1 heterocycles. The predicted octanol–water partition coefficient (Wildman–Crippen LogP) is 6.69. The lowest BCUT2D eigenvalue weighted by atomic mass is 9.71. The monoisotopic (exact) mass is 367 g/mol. The van der Waals surface area contributed by atoms with E-state index in [1.165, 1.54) is 23.8 Å². The number of allylic oxidation sites excluding steroid dienone is 2. The largest absolute Gasteiger partial charge is 0.481 e. The van der Waals surface area contributed by atoms with Crippen LogP contribution in [-0.2, 0) is 6.42 Å². The van der Waals surface area contributed by atoms with Gasteiger partial charge < -0.3 is 4.74 Å². The molecule has 3 rings (SSSR count). The van der Waals surface area contributed by atoms with Crippen molar-refractivity contribution in [1.29, 1.82) is 0 Å². The fourth-order valence-corrected chi connectivity index (χ4v) is 4.06. The van der Waals surface area contributed by atoms with E-state index in [0.717, 1.165) is 30.4 Å². The van der Waals surface area contributed by atoms with Gasteiger partial charge in [-0.3, -0.25) is 0 Å². The molecule has 0 amide bonds. The Morgan fingerprint density at radius 1 is 1.15 bits per heavy atom. The first-order valence-corrected chi connectivity index (χ1v) is 9.85. The van der Waals surface area contributed by atoms with Gasteiger partial charge in [0, 0.05) is 11.6 Å². The number of rotatable bonds is 5. The maximum atomic E-state index is 14.7. The summed E-state index contributed by atoms with van der Waals surface area (Å²) in [7, 11) is 1.56. The van der Waals surface area contributed by atoms with E-state index in [2.05, 4.69) is 57.0 Å². The van der Waals surface area contributed by atoms with Gasteiger partial charge in [0.05, 0.1) is 13.3 Å². The van der Waals surface area contributed by atoms with Gasteiger partial charge in [0.25, 0.3) is 0 Å². The van der Waals surface area contributed by atoms with Gasteiger partial charge in [0.15, 0.2) is 0 Å². The average Bonchev–Trinajstić information content (AvgIpc) is 2.61. The fraction of sp³-hybridized carbons (Fsp3) is 0.458. The van der Waals surface area contributed by atoms with Crippen molar-refractivity contribution in [2.24, 2.45) is 11.3 Å². The lowest BCUT2D eigenvalue weighted by molar-refractivity contribution is 0.396. The quantitative estimate of drug-likeness (QED) is 0.587. The van der Waals surface area contributed by atoms with Gasteiger partial charge in [-0.2, -0.15) is 0 Å². The van der Waals surface area contributed by atoms with Crippen LogP contribution in [0.5, 0.6) is 5.88 Å². The topological polar surface area (TPSA) is 22.1 Å². The van der Waals surface area contributed by atoms with Crippen LogP contribution in [0.4, 0.5) is 4.39 Å². The van der Waals surface area contributed by atoms with Gasteiger partial charge in [0.2, 0.25) is 5.88 Å². The third-order valence-corrected chi connectivity index (χ3v) is 5.43. The van der Waals surface area contributed by atoms with Crippen molar-refractivity contribution in [3.63, 3.8) is 0 Å². The predicted molar refractivity (Wildman–Crippen MR) is 110 cm³/mol. The number of aromatic nitrogens is 1. The maximum absolute atomic E-state index is 14.7. The second-order valence-electron chi connectivity index (χ2n) is 8.58. The number of benzene rings is 1. The number of ether oxygens (including phenoxy) is 1. The first-order valence-electron chi connectivity index (χ1n) is 9.85. The summed E-state index contributed by atoms with van der Waals surface area (Å²) in [5.41, 5.74) is 5.32. The molecule has 3 heteroatoms. The minimum Gasteiger partial charge on any atom is -0.481 e. The number of methoxy groups -OCH3 is 1. The zero-order chi connectivity index (χ0) is 19.6. The van der Waals surface area contributed by atoms with Crippen molar-refractivity contribution in [3.05, 3.63) is 53.5 Å². The summed E-state index contributed by atoms with van der Waals surface area (Å²) in [4.78, 5) is 4.00. The zero-order valence-corrected chi connectivity index (χ0v) is 17.1. The third kappa shape index (κ3) is 4.23. The molecule has 2 nitrogen and oxygen atoms in total. The molecule has 0 atom stereocenters. The summed E-state index contributed by atoms with van der Waals surface area (Å²) < 4.78 is 19.9. The molecule has 0 radical (unpaired) electrons. The Labute approximate surface area is 162 Å². The van der Waals surface area contributed by atoms with E-state index in [1.807, 2.05) is 0 Å². The maximum Gasteiger partial charge on any atom is 0.213 e. The van der Waals surface area contributed by atoms with E-state index < -0.39 is 0 Å². The van der Waals surface area contributed by atoms with E-state index in [9.17, 15) is 4.39 Å². The van der Waals surface area contributed by atoms with E-state index >= 15 is 0 Å². The van der Waals surface area contributed by atoms with Gasteiger partial charge in [0.1, 0.15) is 5.82 Å². The molecule has 1 aromatic carbocycles. The number of pyridine rings is 1. The van der Waals surface area contributed by atoms with Gasteiger partial charge in [-0.05, 0) is 59.3 Å². The second-order valence-corrected chi connectivity index (χ2v) is 8.58. The molecule has 0 saturated heterocycles. The van der Waals surface area contributed by atoms with Crippen LogP contribution in [0.3, 0.4) is 0 Å². The highest BCUT2D eigenvalue weighted by atomic mass is 19.1. The molecule has 1 aliphatic carbocycles. The molecular formula is C24H30FNO. The Bertz CT molecular complexity index is 851. The van der Waals surface area contributed by atoms with Crippen LogP contribution in [0.25, 0.3) is 16.7 Å². The first-order chi connectivity index (χ1) is 12.8. The van der Waals surface area contributed by atoms with Crippen molar-refractivity contribution in [2.45, 2.75) is 53.4 Å². The molecule has 0 fully saturated rings. The van der Waals surface area contributed by atoms with Gasteiger partial charge in [-0.1, -0.05) is 52.0 Å². The minimum atomic E-state index is -0.317. The molecule has 0 N–H and O–H groups in total. The Morgan fingerprint density at radius 3 is 2.59 bits per heavy atom.